The van der Waals surface area contributed by atoms with Gasteiger partial charge in [-0.25, -0.2) is 4.98 Å². The number of aliphatic carboxylic acids is 1. The van der Waals surface area contributed by atoms with E-state index in [9.17, 15) is 51.6 Å². The molecule has 1 saturated heterocycles. The van der Waals surface area contributed by atoms with Gasteiger partial charge in [0.25, 0.3) is 16.0 Å². The van der Waals surface area contributed by atoms with Crippen LogP contribution in [0.3, 0.4) is 0 Å². The number of aromatic nitrogens is 1. The lowest BCUT2D eigenvalue weighted by atomic mass is 10.0. The van der Waals surface area contributed by atoms with Crippen molar-refractivity contribution in [3.63, 3.8) is 0 Å². The van der Waals surface area contributed by atoms with Crippen molar-refractivity contribution in [3.8, 4) is 0 Å². The van der Waals surface area contributed by atoms with Crippen LogP contribution in [0.4, 0.5) is 5.82 Å². The second-order valence-corrected chi connectivity index (χ2v) is 15.7. The normalized spacial score (nSPS) is 18.8. The van der Waals surface area contributed by atoms with Crippen molar-refractivity contribution in [2.75, 3.05) is 25.1 Å². The van der Waals surface area contributed by atoms with Gasteiger partial charge in [-0.1, -0.05) is 48.5 Å². The van der Waals surface area contributed by atoms with Crippen molar-refractivity contribution in [1.82, 2.24) is 36.9 Å². The summed E-state index contributed by atoms with van der Waals surface area (Å²) in [5, 5.41) is 28.7. The molecular formula is C40H50N12O11S. The van der Waals surface area contributed by atoms with Gasteiger partial charge in [-0.15, -0.1) is 0 Å². The fraction of sp³-hybridized carbons (Fsp3) is 0.350. The highest BCUT2D eigenvalue weighted by atomic mass is 32.2. The van der Waals surface area contributed by atoms with E-state index in [0.29, 0.717) is 5.56 Å². The molecule has 2 aromatic carbocycles. The molecule has 4 rings (SSSR count). The number of pyridine rings is 1. The Kier molecular flexibility index (Phi) is 18.6. The van der Waals surface area contributed by atoms with Crippen LogP contribution in [0.2, 0.25) is 0 Å². The van der Waals surface area contributed by atoms with Crippen LogP contribution in [0.25, 0.3) is 0 Å². The van der Waals surface area contributed by atoms with Gasteiger partial charge in [0.15, 0.2) is 5.96 Å². The number of carboxylic acid groups (broad SMARTS) is 1. The number of hydrazone groups is 1. The van der Waals surface area contributed by atoms with E-state index < -0.39 is 88.7 Å². The summed E-state index contributed by atoms with van der Waals surface area (Å²) in [5.41, 5.74) is 14.4. The molecule has 13 N–H and O–H groups in total. The molecule has 1 aromatic heterocycles. The van der Waals surface area contributed by atoms with E-state index in [4.69, 9.17) is 11.5 Å². The number of hydrogen-bond donors (Lipinski definition) is 11. The number of rotatable bonds is 18. The lowest BCUT2D eigenvalue weighted by molar-refractivity contribution is -0.141. The largest absolute Gasteiger partial charge is 0.481 e. The van der Waals surface area contributed by atoms with Gasteiger partial charge in [-0.2, -0.15) is 13.5 Å². The van der Waals surface area contributed by atoms with E-state index in [2.05, 4.69) is 52.4 Å². The van der Waals surface area contributed by atoms with Crippen molar-refractivity contribution >= 4 is 69.5 Å². The Morgan fingerprint density at radius 3 is 2.11 bits per heavy atom. The number of aliphatic imine (C=N–C) groups is 1. The smallest absolute Gasteiger partial charge is 0.305 e. The zero-order chi connectivity index (χ0) is 46.6. The van der Waals surface area contributed by atoms with Crippen LogP contribution >= 0.6 is 0 Å². The molecule has 0 aliphatic carbocycles. The molecule has 1 aliphatic rings. The molecule has 1 fully saturated rings. The number of guanidine groups is 1. The summed E-state index contributed by atoms with van der Waals surface area (Å²) in [6.45, 7) is -0.448. The van der Waals surface area contributed by atoms with Crippen LogP contribution in [0, 0.1) is 0 Å². The SMILES string of the molecule is NC(N)=NCCC[C@@H]1NC(=O)CNC(=O)[C@@H](CC(=O)O)NC(=O)[C@@H](CCCCNC(=O)c2ccc(N/N=C\c3ccccc3S(=O)(=O)O)nc2)NC(=O)[C@@H](Cc2ccccc2)NC1=O. The van der Waals surface area contributed by atoms with Gasteiger partial charge in [-0.05, 0) is 55.9 Å². The molecule has 24 heteroatoms. The number of unbranched alkanes of at least 4 members (excludes halogenated alkanes) is 1. The van der Waals surface area contributed by atoms with Crippen LogP contribution in [0.5, 0.6) is 0 Å². The number of carbonyl (C=O) groups is 7. The summed E-state index contributed by atoms with van der Waals surface area (Å²) in [6, 6.07) is 11.8. The van der Waals surface area contributed by atoms with Crippen molar-refractivity contribution in [1.29, 1.82) is 0 Å². The average molecular weight is 907 g/mol. The third-order valence-corrected chi connectivity index (χ3v) is 10.3. The molecule has 1 aliphatic heterocycles. The predicted octanol–water partition coefficient (Wildman–Crippen LogP) is -1.49. The maximum Gasteiger partial charge on any atom is 0.305 e. The minimum atomic E-state index is -4.48. The van der Waals surface area contributed by atoms with E-state index in [-0.39, 0.29) is 79.4 Å². The summed E-state index contributed by atoms with van der Waals surface area (Å²) in [6.07, 6.45) is 2.28. The first-order valence-corrected chi connectivity index (χ1v) is 21.3. The molecule has 6 amide bonds. The molecule has 3 aromatic rings. The molecule has 342 valence electrons. The van der Waals surface area contributed by atoms with Crippen LogP contribution in [0.15, 0.2) is 87.9 Å². The molecule has 0 spiro atoms. The van der Waals surface area contributed by atoms with E-state index in [0.717, 1.165) is 0 Å². The average Bonchev–Trinajstić information content (AvgIpc) is 3.25. The summed E-state index contributed by atoms with van der Waals surface area (Å²) in [5.74, 6) is -6.15. The van der Waals surface area contributed by atoms with Gasteiger partial charge < -0.3 is 48.5 Å². The Labute approximate surface area is 367 Å². The number of carbonyl (C=O) groups excluding carboxylic acids is 6. The third-order valence-electron chi connectivity index (χ3n) is 9.39. The molecule has 0 unspecified atom stereocenters. The van der Waals surface area contributed by atoms with Crippen molar-refractivity contribution in [2.45, 2.75) is 74.0 Å². The molecule has 64 heavy (non-hydrogen) atoms. The van der Waals surface area contributed by atoms with Gasteiger partial charge in [0.1, 0.15) is 34.9 Å². The first-order chi connectivity index (χ1) is 30.5. The topological polar surface area (TPSA) is 368 Å². The van der Waals surface area contributed by atoms with E-state index in [1.54, 1.807) is 36.4 Å². The lowest BCUT2D eigenvalue weighted by Crippen LogP contribution is -2.58. The van der Waals surface area contributed by atoms with Gasteiger partial charge in [0, 0.05) is 31.3 Å². The number of hydrogen-bond acceptors (Lipinski definition) is 13. The van der Waals surface area contributed by atoms with E-state index >= 15 is 0 Å². The predicted molar refractivity (Wildman–Crippen MR) is 231 cm³/mol. The minimum absolute atomic E-state index is 0.0246. The first kappa shape index (κ1) is 49.2. The standard InChI is InChI=1S/C40H50N12O11S/c41-40(42)44-18-8-13-27-37(58)50-29(19-24-9-2-1-3-10-24)39(60)49-28(38(59)51-30(20-34(54)55)36(57)46-23-33(53)48-27)12-6-7-17-43-35(56)26-15-16-32(45-21-26)52-47-22-25-11-4-5-14-31(25)64(61,62)63/h1-5,9-11,14-16,21-22,27-30H,6-8,12-13,17-20,23H2,(H,43,56)(H,45,52)(H,46,57)(H,48,53)(H,49,60)(H,50,58)(H,51,59)(H,54,55)(H4,41,42,44)(H,61,62,63)/b47-22-/t27-,28+,29+,30+/m0/s1. The van der Waals surface area contributed by atoms with E-state index in [1.165, 1.54) is 42.7 Å². The lowest BCUT2D eigenvalue weighted by Gasteiger charge is -2.26. The Balaban J connectivity index is 1.45. The fourth-order valence-electron chi connectivity index (χ4n) is 6.20. The number of amides is 6. The molecule has 23 nitrogen and oxygen atoms in total. The molecule has 0 radical (unpaired) electrons. The Morgan fingerprint density at radius 2 is 1.44 bits per heavy atom. The summed E-state index contributed by atoms with van der Waals surface area (Å²) >= 11 is 0. The van der Waals surface area contributed by atoms with Gasteiger partial charge in [0.2, 0.25) is 29.5 Å². The molecule has 2 heterocycles. The Morgan fingerprint density at radius 1 is 0.797 bits per heavy atom. The Bertz CT molecular complexity index is 2310. The monoisotopic (exact) mass is 906 g/mol. The fourth-order valence-corrected chi connectivity index (χ4v) is 6.87. The first-order valence-electron chi connectivity index (χ1n) is 19.9. The molecule has 4 atom stereocenters. The van der Waals surface area contributed by atoms with Crippen molar-refractivity contribution < 1.29 is 51.6 Å². The second-order valence-electron chi connectivity index (χ2n) is 14.3. The van der Waals surface area contributed by atoms with Gasteiger partial charge in [0.05, 0.1) is 24.7 Å². The molecular weight excluding hydrogens is 857 g/mol. The van der Waals surface area contributed by atoms with Crippen molar-refractivity contribution in [3.05, 3.63) is 89.6 Å². The van der Waals surface area contributed by atoms with E-state index in [1.807, 2.05) is 0 Å². The number of benzene rings is 2. The number of nitrogens with one attached hydrogen (secondary N) is 7. The molecule has 0 saturated carbocycles. The Hall–Kier alpha value is -7.47. The highest BCUT2D eigenvalue weighted by Crippen LogP contribution is 2.14. The highest BCUT2D eigenvalue weighted by molar-refractivity contribution is 7.86. The number of nitrogens with zero attached hydrogens (tertiary/aromatic N) is 3. The minimum Gasteiger partial charge on any atom is -0.481 e. The zero-order valence-electron chi connectivity index (χ0n) is 34.4. The van der Waals surface area contributed by atoms with Crippen LogP contribution in [0.1, 0.15) is 60.0 Å². The van der Waals surface area contributed by atoms with Crippen LogP contribution < -0.4 is 48.8 Å². The number of carboxylic acids is 1. The number of nitrogens with two attached hydrogens (primary N) is 2. The van der Waals surface area contributed by atoms with Gasteiger partial charge >= 0.3 is 5.97 Å². The maximum absolute atomic E-state index is 14.0. The summed E-state index contributed by atoms with van der Waals surface area (Å²) in [7, 11) is -4.48. The van der Waals surface area contributed by atoms with Gasteiger partial charge in [-0.3, -0.25) is 48.5 Å². The quantitative estimate of drug-likeness (QED) is 0.0228. The summed E-state index contributed by atoms with van der Waals surface area (Å²) < 4.78 is 32.6. The third kappa shape index (κ3) is 16.4. The summed E-state index contributed by atoms with van der Waals surface area (Å²) in [4.78, 5) is 99.8. The number of anilines is 1. The second kappa shape index (κ2) is 24.2. The van der Waals surface area contributed by atoms with Crippen molar-refractivity contribution in [2.24, 2.45) is 21.6 Å². The highest BCUT2D eigenvalue weighted by Gasteiger charge is 2.33. The van der Waals surface area contributed by atoms with Crippen LogP contribution in [-0.4, -0.2) is 120 Å². The molecule has 0 bridgehead atoms. The van der Waals surface area contributed by atoms with Crippen LogP contribution in [-0.2, 0) is 45.3 Å². The maximum atomic E-state index is 14.0. The zero-order valence-corrected chi connectivity index (χ0v) is 35.2.